The molecule has 1 aliphatic heterocycles. The van der Waals surface area contributed by atoms with Crippen molar-refractivity contribution in [1.82, 2.24) is 10.2 Å². The highest BCUT2D eigenvalue weighted by Crippen LogP contribution is 2.28. The first-order valence-electron chi connectivity index (χ1n) is 6.14. The lowest BCUT2D eigenvalue weighted by molar-refractivity contribution is -0.139. The molecule has 5 nitrogen and oxygen atoms in total. The highest BCUT2D eigenvalue weighted by atomic mass is 16.4. The van der Waals surface area contributed by atoms with E-state index in [4.69, 9.17) is 5.11 Å². The molecule has 5 heteroatoms. The minimum absolute atomic E-state index is 0.126. The van der Waals surface area contributed by atoms with Gasteiger partial charge in [-0.05, 0) is 24.7 Å². The summed E-state index contributed by atoms with van der Waals surface area (Å²) in [5, 5.41) is 11.5. The lowest BCUT2D eigenvalue weighted by Gasteiger charge is -2.38. The molecule has 0 bridgehead atoms. The van der Waals surface area contributed by atoms with Crippen molar-refractivity contribution >= 4 is 12.0 Å². The molecule has 1 fully saturated rings. The average molecular weight is 242 g/mol. The van der Waals surface area contributed by atoms with Gasteiger partial charge in [0.2, 0.25) is 0 Å². The minimum atomic E-state index is -0.975. The molecule has 0 radical (unpaired) electrons. The van der Waals surface area contributed by atoms with E-state index in [9.17, 15) is 9.59 Å². The van der Waals surface area contributed by atoms with Gasteiger partial charge in [-0.3, -0.25) is 0 Å². The zero-order valence-electron chi connectivity index (χ0n) is 10.8. The fourth-order valence-electron chi connectivity index (χ4n) is 2.18. The maximum Gasteiger partial charge on any atom is 0.326 e. The summed E-state index contributed by atoms with van der Waals surface area (Å²) in [5.41, 5.74) is 0.126. The molecule has 1 heterocycles. The maximum absolute atomic E-state index is 11.9. The number of nitrogens with one attached hydrogen (secondary N) is 1. The number of piperidine rings is 1. The van der Waals surface area contributed by atoms with Crippen molar-refractivity contribution in [2.45, 2.75) is 46.1 Å². The Morgan fingerprint density at radius 2 is 2.12 bits per heavy atom. The van der Waals surface area contributed by atoms with E-state index in [2.05, 4.69) is 19.2 Å². The van der Waals surface area contributed by atoms with Crippen LogP contribution in [0.15, 0.2) is 0 Å². The van der Waals surface area contributed by atoms with Gasteiger partial charge in [0.05, 0.1) is 0 Å². The van der Waals surface area contributed by atoms with Crippen molar-refractivity contribution in [1.29, 1.82) is 0 Å². The molecule has 0 aliphatic carbocycles. The Labute approximate surface area is 102 Å². The van der Waals surface area contributed by atoms with Gasteiger partial charge >= 0.3 is 12.0 Å². The Morgan fingerprint density at radius 3 is 2.59 bits per heavy atom. The van der Waals surface area contributed by atoms with Crippen molar-refractivity contribution in [3.05, 3.63) is 0 Å². The summed E-state index contributed by atoms with van der Waals surface area (Å²) in [6.07, 6.45) is 2.48. The van der Waals surface area contributed by atoms with Crippen LogP contribution in [0.2, 0.25) is 0 Å². The van der Waals surface area contributed by atoms with E-state index in [0.717, 1.165) is 12.8 Å². The van der Waals surface area contributed by atoms with Crippen molar-refractivity contribution in [2.24, 2.45) is 5.41 Å². The van der Waals surface area contributed by atoms with Crippen LogP contribution < -0.4 is 5.32 Å². The molecule has 0 spiro atoms. The van der Waals surface area contributed by atoms with Gasteiger partial charge in [0.15, 0.2) is 0 Å². The molecular weight excluding hydrogens is 220 g/mol. The number of nitrogens with zero attached hydrogens (tertiary/aromatic N) is 1. The number of hydrogen-bond acceptors (Lipinski definition) is 2. The second-order valence-corrected chi connectivity index (χ2v) is 5.44. The average Bonchev–Trinajstić information content (AvgIpc) is 2.23. The van der Waals surface area contributed by atoms with E-state index in [1.807, 2.05) is 0 Å². The van der Waals surface area contributed by atoms with Crippen LogP contribution in [-0.4, -0.2) is 41.1 Å². The highest BCUT2D eigenvalue weighted by molar-refractivity contribution is 5.82. The van der Waals surface area contributed by atoms with Crippen molar-refractivity contribution in [2.75, 3.05) is 13.1 Å². The molecule has 0 aromatic heterocycles. The minimum Gasteiger partial charge on any atom is -0.480 e. The van der Waals surface area contributed by atoms with Gasteiger partial charge < -0.3 is 15.3 Å². The molecule has 0 aromatic rings. The van der Waals surface area contributed by atoms with Crippen LogP contribution in [0.3, 0.4) is 0 Å². The Balaban J connectivity index is 2.55. The van der Waals surface area contributed by atoms with Gasteiger partial charge in [-0.25, -0.2) is 9.59 Å². The molecular formula is C12H22N2O3. The van der Waals surface area contributed by atoms with E-state index >= 15 is 0 Å². The summed E-state index contributed by atoms with van der Waals surface area (Å²) in [6, 6.07) is -1.04. The number of aliphatic carboxylic acids is 1. The topological polar surface area (TPSA) is 69.6 Å². The zero-order valence-corrected chi connectivity index (χ0v) is 10.8. The number of carbonyl (C=O) groups is 2. The van der Waals surface area contributed by atoms with Crippen LogP contribution in [0.4, 0.5) is 4.79 Å². The number of amides is 2. The molecule has 17 heavy (non-hydrogen) atoms. The van der Waals surface area contributed by atoms with E-state index in [1.54, 1.807) is 11.8 Å². The molecule has 1 rings (SSSR count). The Bertz CT molecular complexity index is 302. The summed E-state index contributed by atoms with van der Waals surface area (Å²) < 4.78 is 0. The zero-order chi connectivity index (χ0) is 13.1. The third-order valence-electron chi connectivity index (χ3n) is 3.19. The van der Waals surface area contributed by atoms with Crippen molar-refractivity contribution in [3.8, 4) is 0 Å². The monoisotopic (exact) mass is 242 g/mol. The van der Waals surface area contributed by atoms with Gasteiger partial charge in [-0.1, -0.05) is 20.8 Å². The van der Waals surface area contributed by atoms with Gasteiger partial charge in [-0.2, -0.15) is 0 Å². The highest BCUT2D eigenvalue weighted by Gasteiger charge is 2.30. The molecule has 0 aromatic carbocycles. The molecule has 1 saturated heterocycles. The Morgan fingerprint density at radius 1 is 1.47 bits per heavy atom. The summed E-state index contributed by atoms with van der Waals surface area (Å²) in [6.45, 7) is 7.40. The predicted molar refractivity (Wildman–Crippen MR) is 64.8 cm³/mol. The lowest BCUT2D eigenvalue weighted by atomic mass is 9.84. The van der Waals surface area contributed by atoms with E-state index in [-0.39, 0.29) is 11.4 Å². The van der Waals surface area contributed by atoms with Crippen LogP contribution in [0, 0.1) is 5.41 Å². The molecule has 1 aliphatic rings. The quantitative estimate of drug-likeness (QED) is 0.791. The molecule has 1 atom stereocenters. The Kier molecular flexibility index (Phi) is 4.37. The smallest absolute Gasteiger partial charge is 0.326 e. The van der Waals surface area contributed by atoms with Crippen LogP contribution in [0.5, 0.6) is 0 Å². The molecule has 0 unspecified atom stereocenters. The van der Waals surface area contributed by atoms with E-state index < -0.39 is 12.0 Å². The summed E-state index contributed by atoms with van der Waals surface area (Å²) in [4.78, 5) is 24.5. The van der Waals surface area contributed by atoms with Gasteiger partial charge in [-0.15, -0.1) is 0 Å². The van der Waals surface area contributed by atoms with E-state index in [1.165, 1.54) is 0 Å². The first kappa shape index (κ1) is 13.8. The van der Waals surface area contributed by atoms with Crippen molar-refractivity contribution in [3.63, 3.8) is 0 Å². The molecule has 2 N–H and O–H groups in total. The number of carboxylic acids is 1. The second-order valence-electron chi connectivity index (χ2n) is 5.44. The SMILES string of the molecule is CC[C@H](NC(=O)N1CCCC(C)(C)C1)C(=O)O. The summed E-state index contributed by atoms with van der Waals surface area (Å²) in [7, 11) is 0. The second kappa shape index (κ2) is 5.38. The Hall–Kier alpha value is -1.26. The molecule has 2 amide bonds. The predicted octanol–water partition coefficient (Wildman–Crippen LogP) is 1.68. The van der Waals surface area contributed by atoms with Crippen LogP contribution in [0.1, 0.15) is 40.0 Å². The number of likely N-dealkylation sites (tertiary alicyclic amines) is 1. The normalized spacial score (nSPS) is 20.8. The fourth-order valence-corrected chi connectivity index (χ4v) is 2.18. The van der Waals surface area contributed by atoms with Crippen LogP contribution >= 0.6 is 0 Å². The standard InChI is InChI=1S/C12H22N2O3/c1-4-9(10(15)16)13-11(17)14-7-5-6-12(2,3)8-14/h9H,4-8H2,1-3H3,(H,13,17)(H,15,16)/t9-/m0/s1. The van der Waals surface area contributed by atoms with Crippen LogP contribution in [0.25, 0.3) is 0 Å². The van der Waals surface area contributed by atoms with Gasteiger partial charge in [0.1, 0.15) is 6.04 Å². The molecule has 0 saturated carbocycles. The number of hydrogen-bond donors (Lipinski definition) is 2. The third kappa shape index (κ3) is 3.91. The summed E-state index contributed by atoms with van der Waals surface area (Å²) >= 11 is 0. The third-order valence-corrected chi connectivity index (χ3v) is 3.19. The molecule has 98 valence electrons. The van der Waals surface area contributed by atoms with Crippen LogP contribution in [-0.2, 0) is 4.79 Å². The number of rotatable bonds is 3. The van der Waals surface area contributed by atoms with Gasteiger partial charge in [0, 0.05) is 13.1 Å². The fraction of sp³-hybridized carbons (Fsp3) is 0.833. The number of urea groups is 1. The van der Waals surface area contributed by atoms with E-state index in [0.29, 0.717) is 19.5 Å². The van der Waals surface area contributed by atoms with Gasteiger partial charge in [0.25, 0.3) is 0 Å². The maximum atomic E-state index is 11.9. The largest absolute Gasteiger partial charge is 0.480 e. The summed E-state index contributed by atoms with van der Waals surface area (Å²) in [5.74, 6) is -0.975. The van der Waals surface area contributed by atoms with Crippen molar-refractivity contribution < 1.29 is 14.7 Å². The number of carbonyl (C=O) groups excluding carboxylic acids is 1. The first-order chi connectivity index (χ1) is 7.85. The number of carboxylic acid groups (broad SMARTS) is 1. The lowest BCUT2D eigenvalue weighted by Crippen LogP contribution is -2.52. The first-order valence-corrected chi connectivity index (χ1v) is 6.14.